The number of anilines is 1. The standard InChI is InChI=1S/C19H29N3O2/c1-14-10-17(15(2)18(11-14)24-3)20-19(23)22-9-6-16(13-22)12-21-7-4-5-8-21/h10-11,16H,4-9,12-13H2,1-3H3,(H,20,23)/t16-/m1/s1. The second-order valence-electron chi connectivity index (χ2n) is 7.18. The fourth-order valence-electron chi connectivity index (χ4n) is 3.86. The Kier molecular flexibility index (Phi) is 5.29. The molecule has 2 fully saturated rings. The summed E-state index contributed by atoms with van der Waals surface area (Å²) in [6.45, 7) is 9.31. The highest BCUT2D eigenvalue weighted by atomic mass is 16.5. The molecule has 3 rings (SSSR count). The second kappa shape index (κ2) is 7.43. The summed E-state index contributed by atoms with van der Waals surface area (Å²) in [5.74, 6) is 1.43. The Hall–Kier alpha value is -1.75. The molecule has 1 N–H and O–H groups in total. The maximum absolute atomic E-state index is 12.6. The monoisotopic (exact) mass is 331 g/mol. The lowest BCUT2D eigenvalue weighted by Gasteiger charge is -2.21. The van der Waals surface area contributed by atoms with Crippen LogP contribution in [0.3, 0.4) is 0 Å². The lowest BCUT2D eigenvalue weighted by Crippen LogP contribution is -2.35. The van der Waals surface area contributed by atoms with Crippen LogP contribution in [0, 0.1) is 19.8 Å². The van der Waals surface area contributed by atoms with Crippen molar-refractivity contribution in [2.24, 2.45) is 5.92 Å². The van der Waals surface area contributed by atoms with E-state index in [4.69, 9.17) is 4.74 Å². The number of aryl methyl sites for hydroxylation is 1. The van der Waals surface area contributed by atoms with Crippen molar-refractivity contribution in [3.63, 3.8) is 0 Å². The fourth-order valence-corrected chi connectivity index (χ4v) is 3.86. The summed E-state index contributed by atoms with van der Waals surface area (Å²) in [4.78, 5) is 17.1. The van der Waals surface area contributed by atoms with Gasteiger partial charge in [0.1, 0.15) is 5.75 Å². The van der Waals surface area contributed by atoms with Crippen molar-refractivity contribution in [1.29, 1.82) is 0 Å². The SMILES string of the molecule is COc1cc(C)cc(NC(=O)N2CC[C@H](CN3CCCC3)C2)c1C. The Morgan fingerprint density at radius 3 is 2.71 bits per heavy atom. The van der Waals surface area contributed by atoms with Gasteiger partial charge in [-0.25, -0.2) is 4.79 Å². The summed E-state index contributed by atoms with van der Waals surface area (Å²) in [5, 5.41) is 3.08. The number of benzene rings is 1. The van der Waals surface area contributed by atoms with Crippen LogP contribution in [0.4, 0.5) is 10.5 Å². The van der Waals surface area contributed by atoms with Gasteiger partial charge < -0.3 is 19.9 Å². The smallest absolute Gasteiger partial charge is 0.321 e. The van der Waals surface area contributed by atoms with E-state index >= 15 is 0 Å². The minimum atomic E-state index is 0.00896. The number of hydrogen-bond acceptors (Lipinski definition) is 3. The van der Waals surface area contributed by atoms with Gasteiger partial charge in [-0.05, 0) is 69.8 Å². The zero-order valence-corrected chi connectivity index (χ0v) is 15.1. The van der Waals surface area contributed by atoms with Gasteiger partial charge >= 0.3 is 6.03 Å². The van der Waals surface area contributed by atoms with Crippen LogP contribution in [0.1, 0.15) is 30.4 Å². The molecule has 0 aliphatic carbocycles. The first-order chi connectivity index (χ1) is 11.6. The molecule has 2 aliphatic rings. The van der Waals surface area contributed by atoms with Gasteiger partial charge in [0, 0.05) is 30.9 Å². The Morgan fingerprint density at radius 1 is 1.25 bits per heavy atom. The first-order valence-electron chi connectivity index (χ1n) is 9.00. The number of hydrogen-bond donors (Lipinski definition) is 1. The molecule has 0 saturated carbocycles. The lowest BCUT2D eigenvalue weighted by atomic mass is 10.1. The zero-order chi connectivity index (χ0) is 17.1. The summed E-state index contributed by atoms with van der Waals surface area (Å²) in [6.07, 6.45) is 3.76. The molecule has 0 unspecified atom stereocenters. The van der Waals surface area contributed by atoms with Gasteiger partial charge in [-0.1, -0.05) is 0 Å². The lowest BCUT2D eigenvalue weighted by molar-refractivity contribution is 0.217. The van der Waals surface area contributed by atoms with E-state index in [0.29, 0.717) is 5.92 Å². The highest BCUT2D eigenvalue weighted by molar-refractivity contribution is 5.91. The van der Waals surface area contributed by atoms with E-state index in [0.717, 1.165) is 48.6 Å². The van der Waals surface area contributed by atoms with Crippen molar-refractivity contribution in [1.82, 2.24) is 9.80 Å². The van der Waals surface area contributed by atoms with Crippen LogP contribution in [0.25, 0.3) is 0 Å². The molecule has 0 radical (unpaired) electrons. The molecule has 2 heterocycles. The molecule has 2 amide bonds. The number of likely N-dealkylation sites (tertiary alicyclic amines) is 2. The number of nitrogens with zero attached hydrogens (tertiary/aromatic N) is 2. The summed E-state index contributed by atoms with van der Waals surface area (Å²) in [5.41, 5.74) is 2.91. The van der Waals surface area contributed by atoms with E-state index < -0.39 is 0 Å². The number of methoxy groups -OCH3 is 1. The minimum Gasteiger partial charge on any atom is -0.496 e. The average Bonchev–Trinajstić information content (AvgIpc) is 3.23. The molecular weight excluding hydrogens is 302 g/mol. The summed E-state index contributed by atoms with van der Waals surface area (Å²) < 4.78 is 5.39. The maximum Gasteiger partial charge on any atom is 0.321 e. The van der Waals surface area contributed by atoms with Gasteiger partial charge in [0.05, 0.1) is 7.11 Å². The molecule has 5 heteroatoms. The Morgan fingerprint density at radius 2 is 2.00 bits per heavy atom. The molecule has 24 heavy (non-hydrogen) atoms. The van der Waals surface area contributed by atoms with Crippen LogP contribution in [-0.2, 0) is 0 Å². The van der Waals surface area contributed by atoms with Gasteiger partial charge in [-0.2, -0.15) is 0 Å². The van der Waals surface area contributed by atoms with Gasteiger partial charge in [0.2, 0.25) is 0 Å². The van der Waals surface area contributed by atoms with E-state index in [1.807, 2.05) is 30.9 Å². The number of carbonyl (C=O) groups excluding carboxylic acids is 1. The van der Waals surface area contributed by atoms with Crippen molar-refractivity contribution >= 4 is 11.7 Å². The van der Waals surface area contributed by atoms with Crippen LogP contribution in [0.5, 0.6) is 5.75 Å². The molecule has 0 spiro atoms. The van der Waals surface area contributed by atoms with Crippen LogP contribution in [0.2, 0.25) is 0 Å². The van der Waals surface area contributed by atoms with Crippen molar-refractivity contribution in [3.05, 3.63) is 23.3 Å². The molecule has 1 atom stereocenters. The van der Waals surface area contributed by atoms with E-state index in [2.05, 4.69) is 10.2 Å². The highest BCUT2D eigenvalue weighted by Gasteiger charge is 2.28. The summed E-state index contributed by atoms with van der Waals surface area (Å²) in [6, 6.07) is 4.01. The fraction of sp³-hybridized carbons (Fsp3) is 0.632. The second-order valence-corrected chi connectivity index (χ2v) is 7.18. The number of rotatable bonds is 4. The molecule has 1 aromatic rings. The van der Waals surface area contributed by atoms with E-state index in [1.54, 1.807) is 7.11 Å². The molecule has 0 aromatic heterocycles. The molecule has 2 aliphatic heterocycles. The van der Waals surface area contributed by atoms with Gasteiger partial charge in [-0.3, -0.25) is 0 Å². The Bertz CT molecular complexity index is 597. The number of amides is 2. The summed E-state index contributed by atoms with van der Waals surface area (Å²) >= 11 is 0. The van der Waals surface area contributed by atoms with Crippen molar-refractivity contribution < 1.29 is 9.53 Å². The first kappa shape index (κ1) is 17.1. The van der Waals surface area contributed by atoms with Crippen LogP contribution >= 0.6 is 0 Å². The third-order valence-electron chi connectivity index (χ3n) is 5.25. The minimum absolute atomic E-state index is 0.00896. The van der Waals surface area contributed by atoms with Gasteiger partial charge in [0.25, 0.3) is 0 Å². The molecule has 5 nitrogen and oxygen atoms in total. The van der Waals surface area contributed by atoms with Gasteiger partial charge in [0.15, 0.2) is 0 Å². The van der Waals surface area contributed by atoms with E-state index in [9.17, 15) is 4.79 Å². The number of carbonyl (C=O) groups is 1. The van der Waals surface area contributed by atoms with Crippen molar-refractivity contribution in [2.45, 2.75) is 33.1 Å². The molecule has 1 aromatic carbocycles. The van der Waals surface area contributed by atoms with Gasteiger partial charge in [-0.15, -0.1) is 0 Å². The van der Waals surface area contributed by atoms with Crippen molar-refractivity contribution in [3.8, 4) is 5.75 Å². The van der Waals surface area contributed by atoms with Crippen molar-refractivity contribution in [2.75, 3.05) is 45.2 Å². The normalized spacial score (nSPS) is 21.3. The molecule has 2 saturated heterocycles. The molecule has 132 valence electrons. The van der Waals surface area contributed by atoms with Crippen LogP contribution < -0.4 is 10.1 Å². The third-order valence-corrected chi connectivity index (χ3v) is 5.25. The largest absolute Gasteiger partial charge is 0.496 e. The van der Waals surface area contributed by atoms with E-state index in [-0.39, 0.29) is 6.03 Å². The Labute approximate surface area is 145 Å². The highest BCUT2D eigenvalue weighted by Crippen LogP contribution is 2.28. The zero-order valence-electron chi connectivity index (χ0n) is 15.1. The molecule has 0 bridgehead atoms. The average molecular weight is 331 g/mol. The third kappa shape index (κ3) is 3.83. The summed E-state index contributed by atoms with van der Waals surface area (Å²) in [7, 11) is 1.66. The number of nitrogens with one attached hydrogen (secondary N) is 1. The predicted molar refractivity (Wildman–Crippen MR) is 96.8 cm³/mol. The Balaban J connectivity index is 1.58. The predicted octanol–water partition coefficient (Wildman–Crippen LogP) is 3.26. The van der Waals surface area contributed by atoms with Crippen LogP contribution in [0.15, 0.2) is 12.1 Å². The maximum atomic E-state index is 12.6. The molecular formula is C19H29N3O2. The number of ether oxygens (including phenoxy) is 1. The topological polar surface area (TPSA) is 44.8 Å². The number of urea groups is 1. The quantitative estimate of drug-likeness (QED) is 0.921. The van der Waals surface area contributed by atoms with E-state index in [1.165, 1.54) is 25.9 Å². The first-order valence-corrected chi connectivity index (χ1v) is 9.00. The van der Waals surface area contributed by atoms with Crippen LogP contribution in [-0.4, -0.2) is 55.7 Å².